The van der Waals surface area contributed by atoms with E-state index in [4.69, 9.17) is 19.9 Å². The van der Waals surface area contributed by atoms with E-state index in [0.717, 1.165) is 66.7 Å². The number of benzene rings is 2. The fourth-order valence-electron chi connectivity index (χ4n) is 9.13. The molecule has 2 saturated carbocycles. The maximum atomic E-state index is 14.7. The Hall–Kier alpha value is -3.40. The Bertz CT molecular complexity index is 1600. The number of aromatic nitrogens is 1. The Morgan fingerprint density at radius 3 is 2.13 bits per heavy atom. The molecule has 1 aromatic heterocycles. The highest BCUT2D eigenvalue weighted by molar-refractivity contribution is 6.00. The van der Waals surface area contributed by atoms with Crippen LogP contribution in [0.4, 0.5) is 0 Å². The van der Waals surface area contributed by atoms with E-state index in [1.54, 1.807) is 21.3 Å². The van der Waals surface area contributed by atoms with Gasteiger partial charge >= 0.3 is 0 Å². The van der Waals surface area contributed by atoms with Gasteiger partial charge in [0.2, 0.25) is 11.8 Å². The minimum Gasteiger partial charge on any atom is -0.497 e. The van der Waals surface area contributed by atoms with Crippen molar-refractivity contribution in [2.45, 2.75) is 57.4 Å². The first-order valence-corrected chi connectivity index (χ1v) is 16.9. The highest BCUT2D eigenvalue weighted by Gasteiger charge is 2.64. The molecule has 9 heteroatoms. The van der Waals surface area contributed by atoms with E-state index < -0.39 is 11.3 Å². The molecule has 7 rings (SSSR count). The maximum absolute atomic E-state index is 14.7. The Morgan fingerprint density at radius 1 is 0.913 bits per heavy atom. The van der Waals surface area contributed by atoms with Gasteiger partial charge in [0.15, 0.2) is 0 Å². The molecule has 0 bridgehead atoms. The van der Waals surface area contributed by atoms with Crippen LogP contribution in [0.25, 0.3) is 22.2 Å². The molecule has 2 aliphatic carbocycles. The first kappa shape index (κ1) is 31.2. The molecule has 246 valence electrons. The van der Waals surface area contributed by atoms with Crippen LogP contribution in [0.15, 0.2) is 42.5 Å². The normalized spacial score (nSPS) is 25.6. The van der Waals surface area contributed by atoms with E-state index in [-0.39, 0.29) is 16.7 Å². The first-order chi connectivity index (χ1) is 22.3. The van der Waals surface area contributed by atoms with Crippen molar-refractivity contribution in [1.82, 2.24) is 14.8 Å². The molecule has 0 unspecified atom stereocenters. The van der Waals surface area contributed by atoms with Gasteiger partial charge in [-0.3, -0.25) is 9.59 Å². The zero-order chi connectivity index (χ0) is 32.1. The quantitative estimate of drug-likeness (QED) is 0.311. The van der Waals surface area contributed by atoms with Gasteiger partial charge in [-0.2, -0.15) is 0 Å². The Kier molecular flexibility index (Phi) is 8.14. The van der Waals surface area contributed by atoms with E-state index in [1.165, 1.54) is 24.8 Å². The lowest BCUT2D eigenvalue weighted by atomic mass is 9.69. The van der Waals surface area contributed by atoms with Crippen LogP contribution in [0.2, 0.25) is 0 Å². The largest absolute Gasteiger partial charge is 0.497 e. The van der Waals surface area contributed by atoms with Gasteiger partial charge < -0.3 is 34.7 Å². The number of hydrogen-bond donors (Lipinski definition) is 2. The minimum absolute atomic E-state index is 0.178. The molecule has 0 radical (unpaired) electrons. The number of nitrogens with zero attached hydrogens (tertiary/aromatic N) is 2. The predicted molar refractivity (Wildman–Crippen MR) is 178 cm³/mol. The second-order valence-electron chi connectivity index (χ2n) is 14.5. The summed E-state index contributed by atoms with van der Waals surface area (Å²) in [5.74, 6) is 0.995. The van der Waals surface area contributed by atoms with Crippen molar-refractivity contribution in [2.75, 3.05) is 60.7 Å². The molecule has 9 nitrogen and oxygen atoms in total. The van der Waals surface area contributed by atoms with Crippen LogP contribution in [0.3, 0.4) is 0 Å². The van der Waals surface area contributed by atoms with Crippen LogP contribution in [0, 0.1) is 16.2 Å². The number of nitrogens with one attached hydrogen (secondary N) is 1. The topological polar surface area (TPSA) is 108 Å². The van der Waals surface area contributed by atoms with E-state index in [0.29, 0.717) is 44.3 Å². The summed E-state index contributed by atoms with van der Waals surface area (Å²) in [6.45, 7) is 4.68. The van der Waals surface area contributed by atoms with Crippen molar-refractivity contribution in [3.63, 3.8) is 0 Å². The molecule has 2 saturated heterocycles. The molecule has 2 amide bonds. The van der Waals surface area contributed by atoms with Crippen LogP contribution in [0.5, 0.6) is 5.75 Å². The van der Waals surface area contributed by atoms with Crippen LogP contribution < -0.4 is 15.8 Å². The molecule has 2 aliphatic heterocycles. The molecule has 2 atom stereocenters. The SMILES string of the molecule is COC[C@]12CNC[C@@]1(COC)CN(C(=O)C1(Cn3c(-c4ccc(OC)cc4)c(C4CCCCC4)c4ccc(C(N)=O)cc43)CC1)C2. The van der Waals surface area contributed by atoms with Crippen LogP contribution in [-0.4, -0.2) is 82.0 Å². The van der Waals surface area contributed by atoms with Gasteiger partial charge in [-0.15, -0.1) is 0 Å². The standard InChI is InChI=1S/C37H48N4O5/c1-44-23-36-18-39-19-37(36,24-45-2)22-40(21-36)34(43)35(15-16-35)20-41-30-17-27(33(38)42)11-14-29(30)31(25-7-5-4-6-8-25)32(41)26-9-12-28(46-3)13-10-26/h9-14,17,25,39H,4-8,15-16,18-24H2,1-3H3,(H2,38,42)/t36-,37+. The molecular weight excluding hydrogens is 580 g/mol. The molecule has 4 aliphatic rings. The number of amides is 2. The highest BCUT2D eigenvalue weighted by atomic mass is 16.5. The lowest BCUT2D eigenvalue weighted by Crippen LogP contribution is -2.46. The molecule has 0 spiro atoms. The smallest absolute Gasteiger partial charge is 0.248 e. The van der Waals surface area contributed by atoms with Gasteiger partial charge in [0.1, 0.15) is 5.75 Å². The summed E-state index contributed by atoms with van der Waals surface area (Å²) in [5, 5.41) is 4.74. The van der Waals surface area contributed by atoms with Crippen molar-refractivity contribution in [1.29, 1.82) is 0 Å². The van der Waals surface area contributed by atoms with Gasteiger partial charge in [-0.05, 0) is 79.1 Å². The summed E-state index contributed by atoms with van der Waals surface area (Å²) >= 11 is 0. The molecule has 3 N–H and O–H groups in total. The Balaban J connectivity index is 1.33. The number of methoxy groups -OCH3 is 3. The molecule has 3 aromatic rings. The van der Waals surface area contributed by atoms with Crippen molar-refractivity contribution >= 4 is 22.7 Å². The Morgan fingerprint density at radius 2 is 1.57 bits per heavy atom. The maximum Gasteiger partial charge on any atom is 0.248 e. The molecule has 3 heterocycles. The summed E-state index contributed by atoms with van der Waals surface area (Å²) in [6, 6.07) is 14.2. The van der Waals surface area contributed by atoms with Gasteiger partial charge in [0.25, 0.3) is 0 Å². The van der Waals surface area contributed by atoms with E-state index in [2.05, 4.69) is 33.0 Å². The molecular formula is C37H48N4O5. The van der Waals surface area contributed by atoms with Gasteiger partial charge in [0.05, 0.1) is 31.4 Å². The third-order valence-electron chi connectivity index (χ3n) is 11.7. The second kappa shape index (κ2) is 12.0. The number of hydrogen-bond acceptors (Lipinski definition) is 6. The van der Waals surface area contributed by atoms with Gasteiger partial charge in [-0.1, -0.05) is 25.3 Å². The number of likely N-dealkylation sites (tertiary alicyclic amines) is 1. The fourth-order valence-corrected chi connectivity index (χ4v) is 9.13. The summed E-state index contributed by atoms with van der Waals surface area (Å²) in [7, 11) is 5.18. The molecule has 4 fully saturated rings. The summed E-state index contributed by atoms with van der Waals surface area (Å²) in [5.41, 5.74) is 10.0. The van der Waals surface area contributed by atoms with Crippen molar-refractivity contribution in [3.8, 4) is 17.0 Å². The highest BCUT2D eigenvalue weighted by Crippen LogP contribution is 2.56. The molecule has 46 heavy (non-hydrogen) atoms. The number of ether oxygens (including phenoxy) is 3. The van der Waals surface area contributed by atoms with Gasteiger partial charge in [-0.25, -0.2) is 0 Å². The number of primary amides is 1. The van der Waals surface area contributed by atoms with Crippen molar-refractivity contribution < 1.29 is 23.8 Å². The van der Waals surface area contributed by atoms with Crippen LogP contribution in [0.1, 0.15) is 66.8 Å². The summed E-state index contributed by atoms with van der Waals surface area (Å²) < 4.78 is 19.4. The summed E-state index contributed by atoms with van der Waals surface area (Å²) in [6.07, 6.45) is 7.62. The average molecular weight is 629 g/mol. The first-order valence-electron chi connectivity index (χ1n) is 16.9. The molecule has 2 aromatic carbocycles. The zero-order valence-electron chi connectivity index (χ0n) is 27.5. The van der Waals surface area contributed by atoms with Crippen LogP contribution in [-0.2, 0) is 20.8 Å². The Labute approximate surface area is 271 Å². The fraction of sp³-hybridized carbons (Fsp3) is 0.568. The van der Waals surface area contributed by atoms with Crippen molar-refractivity contribution in [2.24, 2.45) is 22.0 Å². The minimum atomic E-state index is -0.506. The van der Waals surface area contributed by atoms with Gasteiger partial charge in [0, 0.05) is 74.2 Å². The second-order valence-corrected chi connectivity index (χ2v) is 14.5. The number of nitrogens with two attached hydrogens (primary N) is 1. The predicted octanol–water partition coefficient (Wildman–Crippen LogP) is 4.95. The summed E-state index contributed by atoms with van der Waals surface area (Å²) in [4.78, 5) is 29.3. The van der Waals surface area contributed by atoms with E-state index in [1.807, 2.05) is 24.3 Å². The van der Waals surface area contributed by atoms with Crippen molar-refractivity contribution in [3.05, 3.63) is 53.6 Å². The van der Waals surface area contributed by atoms with E-state index in [9.17, 15) is 9.59 Å². The number of carbonyl (C=O) groups is 2. The monoisotopic (exact) mass is 628 g/mol. The van der Waals surface area contributed by atoms with Crippen LogP contribution >= 0.6 is 0 Å². The third kappa shape index (κ3) is 5.02. The third-order valence-corrected chi connectivity index (χ3v) is 11.7. The number of rotatable bonds is 11. The number of carbonyl (C=O) groups excluding carboxylic acids is 2. The lowest BCUT2D eigenvalue weighted by Gasteiger charge is -2.36. The number of fused-ring (bicyclic) bond motifs is 2. The van der Waals surface area contributed by atoms with E-state index >= 15 is 0 Å². The lowest BCUT2D eigenvalue weighted by molar-refractivity contribution is -0.137. The average Bonchev–Trinajstić information content (AvgIpc) is 3.56. The zero-order valence-corrected chi connectivity index (χ0v) is 27.5.